The number of amides is 2. The van der Waals surface area contributed by atoms with E-state index in [2.05, 4.69) is 57.6 Å². The smallest absolute Gasteiger partial charge is 0.270 e. The van der Waals surface area contributed by atoms with Gasteiger partial charge in [0, 0.05) is 20.6 Å². The van der Waals surface area contributed by atoms with Gasteiger partial charge in [-0.05, 0) is 128 Å². The summed E-state index contributed by atoms with van der Waals surface area (Å²) in [5.74, 6) is -0.908. The Labute approximate surface area is 212 Å². The van der Waals surface area contributed by atoms with E-state index in [1.807, 2.05) is 52.0 Å². The Hall–Kier alpha value is -2.78. The largest absolute Gasteiger partial charge is 0.318 e. The van der Waals surface area contributed by atoms with Crippen LogP contribution < -0.4 is 10.2 Å². The number of anilines is 1. The highest BCUT2D eigenvalue weighted by Gasteiger charge is 2.35. The van der Waals surface area contributed by atoms with Crippen LogP contribution >= 0.6 is 34.8 Å². The number of halogens is 1. The summed E-state index contributed by atoms with van der Waals surface area (Å²) in [4.78, 5) is 27.7. The fraction of sp³-hybridized carbons (Fsp3) is 0.192. The van der Waals surface area contributed by atoms with Crippen LogP contribution in [0.4, 0.5) is 5.69 Å². The summed E-state index contributed by atoms with van der Waals surface area (Å²) in [5, 5.41) is 2.78. The maximum absolute atomic E-state index is 13.5. The summed E-state index contributed by atoms with van der Waals surface area (Å²) < 4.78 is 3.33. The van der Waals surface area contributed by atoms with Gasteiger partial charge in [0.1, 0.15) is 5.57 Å². The summed E-state index contributed by atoms with van der Waals surface area (Å²) in [6.45, 7) is 10.0. The summed E-state index contributed by atoms with van der Waals surface area (Å²) in [7, 11) is 0. The van der Waals surface area contributed by atoms with Crippen molar-refractivity contribution in [1.82, 2.24) is 9.88 Å². The molecule has 0 saturated carbocycles. The molecule has 0 radical (unpaired) electrons. The molecule has 2 heterocycles. The standard InChI is InChI=1S/C26H24IN3O2S/c1-14-7-6-8-23(17(14)4)30-25(32)21(24(31)28-26(30)33)13-19-12-16(3)29(18(19)5)20-9-10-22(27)15(2)11-20/h6-13H,1-5H3,(H,28,31,33)/b21-13+. The van der Waals surface area contributed by atoms with E-state index >= 15 is 0 Å². The van der Waals surface area contributed by atoms with E-state index in [1.165, 1.54) is 14.0 Å². The highest BCUT2D eigenvalue weighted by atomic mass is 127. The molecule has 1 aromatic heterocycles. The Morgan fingerprint density at radius 3 is 2.39 bits per heavy atom. The number of hydrogen-bond acceptors (Lipinski definition) is 3. The second kappa shape index (κ2) is 8.87. The molecule has 0 bridgehead atoms. The van der Waals surface area contributed by atoms with E-state index in [0.29, 0.717) is 5.69 Å². The van der Waals surface area contributed by atoms with Gasteiger partial charge in [-0.2, -0.15) is 0 Å². The molecule has 33 heavy (non-hydrogen) atoms. The van der Waals surface area contributed by atoms with E-state index in [0.717, 1.165) is 33.8 Å². The van der Waals surface area contributed by atoms with Crippen molar-refractivity contribution in [3.05, 3.63) is 85.2 Å². The van der Waals surface area contributed by atoms with Crippen molar-refractivity contribution >= 4 is 63.5 Å². The van der Waals surface area contributed by atoms with E-state index in [-0.39, 0.29) is 10.7 Å². The van der Waals surface area contributed by atoms with Crippen molar-refractivity contribution in [3.8, 4) is 5.69 Å². The Morgan fingerprint density at radius 2 is 1.70 bits per heavy atom. The third kappa shape index (κ3) is 4.15. The molecule has 1 aliphatic heterocycles. The first kappa shape index (κ1) is 23.4. The fourth-order valence-corrected chi connectivity index (χ4v) is 4.72. The molecule has 5 nitrogen and oxygen atoms in total. The number of carbonyl (C=O) groups excluding carboxylic acids is 2. The lowest BCUT2D eigenvalue weighted by Gasteiger charge is -2.30. The van der Waals surface area contributed by atoms with E-state index in [9.17, 15) is 9.59 Å². The van der Waals surface area contributed by atoms with E-state index in [4.69, 9.17) is 12.2 Å². The highest BCUT2D eigenvalue weighted by molar-refractivity contribution is 14.1. The van der Waals surface area contributed by atoms with Crippen molar-refractivity contribution in [3.63, 3.8) is 0 Å². The topological polar surface area (TPSA) is 54.3 Å². The zero-order valence-corrected chi connectivity index (χ0v) is 22.1. The van der Waals surface area contributed by atoms with Gasteiger partial charge < -0.3 is 4.57 Å². The predicted octanol–water partition coefficient (Wildman–Crippen LogP) is 5.46. The van der Waals surface area contributed by atoms with Crippen molar-refractivity contribution in [1.29, 1.82) is 0 Å². The summed E-state index contributed by atoms with van der Waals surface area (Å²) in [6, 6.07) is 14.0. The third-order valence-corrected chi connectivity index (χ3v) is 7.58. The van der Waals surface area contributed by atoms with Crippen LogP contribution in [0.5, 0.6) is 0 Å². The molecular weight excluding hydrogens is 545 g/mol. The van der Waals surface area contributed by atoms with Crippen LogP contribution in [0.1, 0.15) is 33.6 Å². The van der Waals surface area contributed by atoms with Gasteiger partial charge in [-0.25, -0.2) is 0 Å². The van der Waals surface area contributed by atoms with Gasteiger partial charge in [0.15, 0.2) is 5.11 Å². The fourth-order valence-electron chi connectivity index (χ4n) is 4.11. The van der Waals surface area contributed by atoms with Crippen LogP contribution in [-0.2, 0) is 9.59 Å². The van der Waals surface area contributed by atoms with Gasteiger partial charge >= 0.3 is 0 Å². The van der Waals surface area contributed by atoms with Gasteiger partial charge in [-0.15, -0.1) is 0 Å². The maximum atomic E-state index is 13.5. The molecule has 4 rings (SSSR count). The molecule has 1 saturated heterocycles. The molecule has 2 amide bonds. The normalized spacial score (nSPS) is 15.4. The third-order valence-electron chi connectivity index (χ3n) is 6.09. The van der Waals surface area contributed by atoms with Crippen molar-refractivity contribution in [2.75, 3.05) is 4.90 Å². The average Bonchev–Trinajstić information content (AvgIpc) is 3.03. The molecule has 0 spiro atoms. The maximum Gasteiger partial charge on any atom is 0.270 e. The zero-order valence-electron chi connectivity index (χ0n) is 19.1. The van der Waals surface area contributed by atoms with Gasteiger partial charge in [-0.1, -0.05) is 12.1 Å². The monoisotopic (exact) mass is 569 g/mol. The van der Waals surface area contributed by atoms with Crippen LogP contribution in [0.2, 0.25) is 0 Å². The molecule has 0 unspecified atom stereocenters. The molecule has 7 heteroatoms. The average molecular weight is 569 g/mol. The number of hydrogen-bond donors (Lipinski definition) is 1. The summed E-state index contributed by atoms with van der Waals surface area (Å²) in [5.41, 5.74) is 7.75. The van der Waals surface area contributed by atoms with Crippen molar-refractivity contribution < 1.29 is 9.59 Å². The number of rotatable bonds is 3. The van der Waals surface area contributed by atoms with Crippen LogP contribution in [0.15, 0.2) is 48.0 Å². The number of benzene rings is 2. The minimum absolute atomic E-state index is 0.0588. The lowest BCUT2D eigenvalue weighted by Crippen LogP contribution is -2.54. The second-order valence-corrected chi connectivity index (χ2v) is 9.82. The highest BCUT2D eigenvalue weighted by Crippen LogP contribution is 2.29. The lowest BCUT2D eigenvalue weighted by atomic mass is 10.0. The van der Waals surface area contributed by atoms with Gasteiger partial charge in [0.05, 0.1) is 5.69 Å². The summed E-state index contributed by atoms with van der Waals surface area (Å²) in [6.07, 6.45) is 1.66. The molecule has 0 atom stereocenters. The number of aryl methyl sites for hydroxylation is 3. The van der Waals surface area contributed by atoms with E-state index in [1.54, 1.807) is 6.08 Å². The van der Waals surface area contributed by atoms with Crippen LogP contribution in [-0.4, -0.2) is 21.5 Å². The first-order valence-corrected chi connectivity index (χ1v) is 12.0. The Kier molecular flexibility index (Phi) is 6.28. The molecule has 0 aliphatic carbocycles. The molecule has 2 aromatic carbocycles. The molecule has 168 valence electrons. The number of aromatic nitrogens is 1. The van der Waals surface area contributed by atoms with Crippen molar-refractivity contribution in [2.24, 2.45) is 0 Å². The van der Waals surface area contributed by atoms with Gasteiger partial charge in [0.2, 0.25) is 0 Å². The first-order valence-electron chi connectivity index (χ1n) is 10.5. The SMILES string of the molecule is Cc1cc(-n2c(C)cc(/C=C3\C(=O)NC(=S)N(c4cccc(C)c4C)C3=O)c2C)ccc1I. The number of carbonyl (C=O) groups is 2. The molecule has 1 aliphatic rings. The minimum Gasteiger partial charge on any atom is -0.318 e. The first-order chi connectivity index (χ1) is 15.6. The molecular formula is C26H24IN3O2S. The van der Waals surface area contributed by atoms with E-state index < -0.39 is 11.8 Å². The Bertz CT molecular complexity index is 1370. The Balaban J connectivity index is 1.79. The van der Waals surface area contributed by atoms with Crippen LogP contribution in [0.3, 0.4) is 0 Å². The van der Waals surface area contributed by atoms with Gasteiger partial charge in [0.25, 0.3) is 11.8 Å². The summed E-state index contributed by atoms with van der Waals surface area (Å²) >= 11 is 7.68. The predicted molar refractivity (Wildman–Crippen MR) is 145 cm³/mol. The molecule has 1 fully saturated rings. The molecule has 1 N–H and O–H groups in total. The zero-order chi connectivity index (χ0) is 24.0. The quantitative estimate of drug-likeness (QED) is 0.198. The lowest BCUT2D eigenvalue weighted by molar-refractivity contribution is -0.122. The van der Waals surface area contributed by atoms with Gasteiger partial charge in [-0.3, -0.25) is 19.8 Å². The number of nitrogens with zero attached hydrogens (tertiary/aromatic N) is 2. The minimum atomic E-state index is -0.485. The number of thiocarbonyl (C=S) groups is 1. The Morgan fingerprint density at radius 1 is 0.970 bits per heavy atom. The number of nitrogens with one attached hydrogen (secondary N) is 1. The van der Waals surface area contributed by atoms with Crippen LogP contribution in [0.25, 0.3) is 11.8 Å². The molecule has 3 aromatic rings. The van der Waals surface area contributed by atoms with Crippen molar-refractivity contribution in [2.45, 2.75) is 34.6 Å². The van der Waals surface area contributed by atoms with Crippen LogP contribution in [0, 0.1) is 38.2 Å². The second-order valence-electron chi connectivity index (χ2n) is 8.27.